The lowest BCUT2D eigenvalue weighted by Crippen LogP contribution is -2.15. The lowest BCUT2D eigenvalue weighted by molar-refractivity contribution is 0.112. The van der Waals surface area contributed by atoms with E-state index in [9.17, 15) is 4.79 Å². The second-order valence-corrected chi connectivity index (χ2v) is 7.40. The van der Waals surface area contributed by atoms with Gasteiger partial charge in [-0.3, -0.25) is 4.79 Å². The number of benzene rings is 2. The van der Waals surface area contributed by atoms with E-state index in [-0.39, 0.29) is 5.41 Å². The Hall–Kier alpha value is -1.89. The van der Waals surface area contributed by atoms with Crippen molar-refractivity contribution in [1.82, 2.24) is 0 Å². The van der Waals surface area contributed by atoms with Crippen LogP contribution in [0.25, 0.3) is 0 Å². The summed E-state index contributed by atoms with van der Waals surface area (Å²) in [6, 6.07) is 15.1. The lowest BCUT2D eigenvalue weighted by Gasteiger charge is -2.24. The van der Waals surface area contributed by atoms with E-state index in [0.717, 1.165) is 24.7 Å². The van der Waals surface area contributed by atoms with Crippen molar-refractivity contribution in [3.63, 3.8) is 0 Å². The molecule has 2 aromatic rings. The Morgan fingerprint density at radius 1 is 1.04 bits per heavy atom. The highest BCUT2D eigenvalue weighted by molar-refractivity contribution is 5.75. The average molecular weight is 308 g/mol. The van der Waals surface area contributed by atoms with Crippen molar-refractivity contribution >= 4 is 6.29 Å². The molecule has 0 aromatic heterocycles. The van der Waals surface area contributed by atoms with E-state index in [2.05, 4.69) is 65.0 Å². The van der Waals surface area contributed by atoms with Gasteiger partial charge in [-0.2, -0.15) is 0 Å². The highest BCUT2D eigenvalue weighted by Gasteiger charge is 2.18. The van der Waals surface area contributed by atoms with Gasteiger partial charge in [0.2, 0.25) is 0 Å². The van der Waals surface area contributed by atoms with Crippen LogP contribution < -0.4 is 0 Å². The minimum atomic E-state index is 0.198. The maximum Gasteiger partial charge on any atom is 0.150 e. The zero-order valence-electron chi connectivity index (χ0n) is 15.0. The molecule has 1 heteroatoms. The number of carbonyl (C=O) groups excluding carboxylic acids is 1. The van der Waals surface area contributed by atoms with E-state index < -0.39 is 0 Å². The average Bonchev–Trinajstić information content (AvgIpc) is 2.54. The van der Waals surface area contributed by atoms with Crippen molar-refractivity contribution < 1.29 is 4.79 Å². The van der Waals surface area contributed by atoms with Gasteiger partial charge in [0.05, 0.1) is 0 Å². The molecule has 2 aromatic carbocycles. The predicted molar refractivity (Wildman–Crippen MR) is 98.5 cm³/mol. The number of aldehydes is 1. The van der Waals surface area contributed by atoms with Gasteiger partial charge in [0.1, 0.15) is 6.29 Å². The first-order valence-corrected chi connectivity index (χ1v) is 8.54. The summed E-state index contributed by atoms with van der Waals surface area (Å²) in [5, 5.41) is 0. The van der Waals surface area contributed by atoms with E-state index in [4.69, 9.17) is 0 Å². The molecule has 0 heterocycles. The van der Waals surface area contributed by atoms with Crippen LogP contribution in [0, 0.1) is 0 Å². The number of hydrogen-bond donors (Lipinski definition) is 0. The van der Waals surface area contributed by atoms with Crippen molar-refractivity contribution in [2.75, 3.05) is 0 Å². The van der Waals surface area contributed by atoms with E-state index in [0.29, 0.717) is 5.92 Å². The summed E-state index contributed by atoms with van der Waals surface area (Å²) >= 11 is 0. The Bertz CT molecular complexity index is 680. The zero-order valence-corrected chi connectivity index (χ0v) is 15.0. The molecule has 0 aliphatic heterocycles. The van der Waals surface area contributed by atoms with Gasteiger partial charge in [0, 0.05) is 5.56 Å². The molecule has 0 bridgehead atoms. The number of rotatable bonds is 6. The van der Waals surface area contributed by atoms with Gasteiger partial charge in [-0.05, 0) is 58.6 Å². The second kappa shape index (κ2) is 7.12. The van der Waals surface area contributed by atoms with Crippen molar-refractivity contribution in [2.45, 2.75) is 58.8 Å². The molecule has 1 nitrogen and oxygen atoms in total. The molecule has 0 fully saturated rings. The van der Waals surface area contributed by atoms with E-state index in [1.807, 2.05) is 12.1 Å². The van der Waals surface area contributed by atoms with E-state index in [1.165, 1.54) is 22.3 Å². The first kappa shape index (κ1) is 17.5. The monoisotopic (exact) mass is 308 g/mol. The Labute approximate surface area is 140 Å². The molecule has 23 heavy (non-hydrogen) atoms. The van der Waals surface area contributed by atoms with E-state index in [1.54, 1.807) is 0 Å². The summed E-state index contributed by atoms with van der Waals surface area (Å²) in [7, 11) is 0. The third-order valence-electron chi connectivity index (χ3n) is 4.84. The first-order chi connectivity index (χ1) is 10.9. The number of hydrogen-bond acceptors (Lipinski definition) is 1. The topological polar surface area (TPSA) is 17.1 Å². The molecule has 0 radical (unpaired) electrons. The summed E-state index contributed by atoms with van der Waals surface area (Å²) in [4.78, 5) is 11.2. The molecule has 2 rings (SSSR count). The Morgan fingerprint density at radius 3 is 2.39 bits per heavy atom. The van der Waals surface area contributed by atoms with Gasteiger partial charge in [-0.25, -0.2) is 0 Å². The molecule has 0 aliphatic carbocycles. The summed E-state index contributed by atoms with van der Waals surface area (Å²) in [5.74, 6) is 0.430. The minimum Gasteiger partial charge on any atom is -0.298 e. The Kier molecular flexibility index (Phi) is 5.41. The van der Waals surface area contributed by atoms with Crippen LogP contribution in [0.1, 0.15) is 79.6 Å². The smallest absolute Gasteiger partial charge is 0.150 e. The fourth-order valence-electron chi connectivity index (χ4n) is 2.79. The van der Waals surface area contributed by atoms with Gasteiger partial charge in [-0.1, -0.05) is 65.0 Å². The molecule has 0 amide bonds. The van der Waals surface area contributed by atoms with Crippen LogP contribution >= 0.6 is 0 Å². The van der Waals surface area contributed by atoms with Crippen LogP contribution in [0.3, 0.4) is 0 Å². The van der Waals surface area contributed by atoms with Gasteiger partial charge < -0.3 is 0 Å². The third-order valence-corrected chi connectivity index (χ3v) is 4.84. The Morgan fingerprint density at radius 2 is 1.78 bits per heavy atom. The van der Waals surface area contributed by atoms with Crippen LogP contribution in [-0.4, -0.2) is 6.29 Å². The SMILES string of the molecule is CCC(C)(C)c1cccc(Cc2cc(C=O)cc(C(C)C)c2)c1. The van der Waals surface area contributed by atoms with Crippen LogP contribution in [0.15, 0.2) is 42.5 Å². The zero-order chi connectivity index (χ0) is 17.0. The largest absolute Gasteiger partial charge is 0.298 e. The van der Waals surface area contributed by atoms with Gasteiger partial charge in [0.25, 0.3) is 0 Å². The lowest BCUT2D eigenvalue weighted by atomic mass is 9.81. The summed E-state index contributed by atoms with van der Waals surface area (Å²) < 4.78 is 0. The Balaban J connectivity index is 2.34. The summed E-state index contributed by atoms with van der Waals surface area (Å²) in [5.41, 5.74) is 6.11. The molecule has 0 saturated carbocycles. The van der Waals surface area contributed by atoms with Crippen molar-refractivity contribution in [1.29, 1.82) is 0 Å². The van der Waals surface area contributed by atoms with Gasteiger partial charge in [-0.15, -0.1) is 0 Å². The highest BCUT2D eigenvalue weighted by Crippen LogP contribution is 2.28. The molecule has 0 unspecified atom stereocenters. The molecular formula is C22H28O. The normalized spacial score (nSPS) is 11.7. The van der Waals surface area contributed by atoms with Crippen molar-refractivity contribution in [2.24, 2.45) is 0 Å². The quantitative estimate of drug-likeness (QED) is 0.607. The van der Waals surface area contributed by atoms with Gasteiger partial charge >= 0.3 is 0 Å². The number of carbonyl (C=O) groups is 1. The highest BCUT2D eigenvalue weighted by atomic mass is 16.1. The van der Waals surface area contributed by atoms with Crippen LogP contribution in [0.2, 0.25) is 0 Å². The maximum atomic E-state index is 11.2. The summed E-state index contributed by atoms with van der Waals surface area (Å²) in [6.07, 6.45) is 2.94. The summed E-state index contributed by atoms with van der Waals surface area (Å²) in [6.45, 7) is 11.1. The second-order valence-electron chi connectivity index (χ2n) is 7.40. The fourth-order valence-corrected chi connectivity index (χ4v) is 2.79. The van der Waals surface area contributed by atoms with Crippen molar-refractivity contribution in [3.05, 3.63) is 70.3 Å². The first-order valence-electron chi connectivity index (χ1n) is 8.54. The van der Waals surface area contributed by atoms with Crippen LogP contribution in [-0.2, 0) is 11.8 Å². The minimum absolute atomic E-state index is 0.198. The van der Waals surface area contributed by atoms with Gasteiger partial charge in [0.15, 0.2) is 0 Å². The van der Waals surface area contributed by atoms with E-state index >= 15 is 0 Å². The maximum absolute atomic E-state index is 11.2. The molecular weight excluding hydrogens is 280 g/mol. The van der Waals surface area contributed by atoms with Crippen LogP contribution in [0.5, 0.6) is 0 Å². The molecule has 0 atom stereocenters. The molecule has 0 saturated heterocycles. The standard InChI is InChI=1S/C22H28O/c1-6-22(4,5)21-9-7-8-17(14-21)10-18-11-19(15-23)13-20(12-18)16(2)3/h7-9,11-16H,6,10H2,1-5H3. The molecule has 0 N–H and O–H groups in total. The molecule has 0 aliphatic rings. The fraction of sp³-hybridized carbons (Fsp3) is 0.409. The molecule has 122 valence electrons. The van der Waals surface area contributed by atoms with Crippen LogP contribution in [0.4, 0.5) is 0 Å². The molecule has 0 spiro atoms. The van der Waals surface area contributed by atoms with Crippen molar-refractivity contribution in [3.8, 4) is 0 Å². The predicted octanol–water partition coefficient (Wildman–Crippen LogP) is 5.90. The third kappa shape index (κ3) is 4.31.